The number of rotatable bonds is 0. The van der Waals surface area contributed by atoms with Crippen LogP contribution in [0.2, 0.25) is 0 Å². The van der Waals surface area contributed by atoms with E-state index in [1.54, 1.807) is 0 Å². The van der Waals surface area contributed by atoms with Crippen LogP contribution in [0.1, 0.15) is 12.0 Å². The van der Waals surface area contributed by atoms with Crippen molar-refractivity contribution in [2.75, 3.05) is 11.9 Å². The van der Waals surface area contributed by atoms with Crippen LogP contribution in [-0.2, 0) is 35.2 Å². The van der Waals surface area contributed by atoms with E-state index in [4.69, 9.17) is 0 Å². The fourth-order valence-corrected chi connectivity index (χ4v) is 11.9. The molecule has 0 fully saturated rings. The Bertz CT molecular complexity index is 4030. The Hall–Kier alpha value is -7.96. The molecule has 6 heterocycles. The molecule has 0 saturated carbocycles. The molecular formula is C60H50N6. The van der Waals surface area contributed by atoms with Crippen LogP contribution in [0.5, 0.6) is 0 Å². The number of nitrogens with zero attached hydrogens (tertiary/aromatic N) is 6. The fraction of sp³-hybridized carbons (Fsp3) is 0.133. The average molecular weight is 855 g/mol. The van der Waals surface area contributed by atoms with E-state index >= 15 is 0 Å². The van der Waals surface area contributed by atoms with Crippen molar-refractivity contribution in [2.24, 2.45) is 35.2 Å². The van der Waals surface area contributed by atoms with Crippen molar-refractivity contribution in [3.63, 3.8) is 0 Å². The first-order valence-corrected chi connectivity index (χ1v) is 23.1. The zero-order chi connectivity index (χ0) is 44.5. The standard InChI is InChI=1S/2C20H16N2.C20H18N2/c1-21-17-9-5-3-7-13(17)15-12-20-16(11-19(15)21)14-8-4-6-10-18(14)22(20)2;1-21-17-9-5-3-7-13(17)15-11-16-14-8-4-6-10-18(14)22(2)20(16)12-19(15)21;1-21-17-9-5-3-7-13(17)15-11-12-16-14-8-4-6-10-18(14)22(2)20(16)19(15)21/h2*3-12H,1-2H3;3-9,11-12,18H,10H2,1-2H3. The average Bonchev–Trinajstić information content (AvgIpc) is 4.16. The molecule has 66 heavy (non-hydrogen) atoms. The van der Waals surface area contributed by atoms with Crippen molar-refractivity contribution >= 4 is 120 Å². The van der Waals surface area contributed by atoms with Gasteiger partial charge in [-0.1, -0.05) is 121 Å². The lowest BCUT2D eigenvalue weighted by molar-refractivity contribution is 0.796. The largest absolute Gasteiger partial charge is 0.365 e. The zero-order valence-electron chi connectivity index (χ0n) is 38.2. The number of hydrogen-bond donors (Lipinski definition) is 0. The van der Waals surface area contributed by atoms with Crippen LogP contribution in [0, 0.1) is 0 Å². The normalized spacial score (nSPS) is 14.6. The van der Waals surface area contributed by atoms with E-state index in [1.165, 1.54) is 126 Å². The Morgan fingerprint density at radius 2 is 0.727 bits per heavy atom. The molecule has 15 rings (SSSR count). The van der Waals surface area contributed by atoms with E-state index < -0.39 is 0 Å². The number of fused-ring (bicyclic) bond motifs is 19. The van der Waals surface area contributed by atoms with Gasteiger partial charge in [0, 0.05) is 140 Å². The van der Waals surface area contributed by atoms with Gasteiger partial charge in [-0.25, -0.2) is 0 Å². The van der Waals surface area contributed by atoms with Gasteiger partial charge in [-0.15, -0.1) is 0 Å². The van der Waals surface area contributed by atoms with E-state index in [1.807, 2.05) is 0 Å². The molecule has 6 nitrogen and oxygen atoms in total. The van der Waals surface area contributed by atoms with Crippen LogP contribution in [0.15, 0.2) is 176 Å². The minimum atomic E-state index is 0.489. The summed E-state index contributed by atoms with van der Waals surface area (Å²) in [6.45, 7) is 0. The Balaban J connectivity index is 0.0000000988. The smallest absolute Gasteiger partial charge is 0.0732 e. The van der Waals surface area contributed by atoms with Gasteiger partial charge in [-0.05, 0) is 66.6 Å². The summed E-state index contributed by atoms with van der Waals surface area (Å²) in [5, 5.41) is 13.3. The highest BCUT2D eigenvalue weighted by Crippen LogP contribution is 2.48. The van der Waals surface area contributed by atoms with Crippen LogP contribution in [0.25, 0.3) is 115 Å². The van der Waals surface area contributed by atoms with Crippen molar-refractivity contribution in [1.82, 2.24) is 22.8 Å². The SMILES string of the molecule is CN1c2c(ccc3c4ccccc4n(C)c23)C2=CC=CCC21.Cn1c2ccccc2c2cc3c(cc21)c1ccccc1n3C.Cn1c2ccccc2c2cc3c4ccccc4n(C)c3cc21. The van der Waals surface area contributed by atoms with Gasteiger partial charge in [0.2, 0.25) is 0 Å². The lowest BCUT2D eigenvalue weighted by atomic mass is 9.95. The van der Waals surface area contributed by atoms with Crippen LogP contribution in [-0.4, -0.2) is 35.9 Å². The molecule has 1 unspecified atom stereocenters. The van der Waals surface area contributed by atoms with Gasteiger partial charge in [-0.2, -0.15) is 0 Å². The molecule has 0 amide bonds. The summed E-state index contributed by atoms with van der Waals surface area (Å²) >= 11 is 0. The minimum absolute atomic E-state index is 0.489. The quantitative estimate of drug-likeness (QED) is 0.149. The topological polar surface area (TPSA) is 27.9 Å². The molecule has 0 radical (unpaired) electrons. The van der Waals surface area contributed by atoms with Crippen molar-refractivity contribution in [2.45, 2.75) is 12.5 Å². The minimum Gasteiger partial charge on any atom is -0.365 e. The molecule has 1 atom stereocenters. The summed E-state index contributed by atoms with van der Waals surface area (Å²) in [5.74, 6) is 0. The van der Waals surface area contributed by atoms with Crippen LogP contribution < -0.4 is 4.90 Å². The van der Waals surface area contributed by atoms with Gasteiger partial charge in [0.25, 0.3) is 0 Å². The zero-order valence-corrected chi connectivity index (χ0v) is 38.2. The van der Waals surface area contributed by atoms with Gasteiger partial charge in [-0.3, -0.25) is 0 Å². The molecule has 6 heteroatoms. The van der Waals surface area contributed by atoms with Crippen LogP contribution >= 0.6 is 0 Å². The Morgan fingerprint density at radius 1 is 0.348 bits per heavy atom. The number of aryl methyl sites for hydroxylation is 5. The number of anilines is 1. The van der Waals surface area contributed by atoms with E-state index in [-0.39, 0.29) is 0 Å². The predicted octanol–water partition coefficient (Wildman–Crippen LogP) is 14.4. The summed E-state index contributed by atoms with van der Waals surface area (Å²) in [6, 6.07) is 57.7. The number of allylic oxidation sites excluding steroid dienone is 2. The van der Waals surface area contributed by atoms with Gasteiger partial charge in [0.05, 0.1) is 28.3 Å². The first-order chi connectivity index (χ1) is 32.3. The number of benzene rings is 8. The lowest BCUT2D eigenvalue weighted by Gasteiger charge is -2.24. The molecule has 0 saturated heterocycles. The van der Waals surface area contributed by atoms with E-state index in [0.29, 0.717) is 6.04 Å². The third-order valence-electron chi connectivity index (χ3n) is 15.2. The van der Waals surface area contributed by atoms with E-state index in [9.17, 15) is 0 Å². The maximum atomic E-state index is 2.46. The van der Waals surface area contributed by atoms with Crippen molar-refractivity contribution in [3.8, 4) is 0 Å². The van der Waals surface area contributed by atoms with Gasteiger partial charge < -0.3 is 27.7 Å². The number of hydrogen-bond acceptors (Lipinski definition) is 1. The molecule has 0 bridgehead atoms. The summed E-state index contributed by atoms with van der Waals surface area (Å²) in [7, 11) is 13.0. The molecule has 8 aromatic carbocycles. The number of para-hydroxylation sites is 5. The molecular weight excluding hydrogens is 805 g/mol. The van der Waals surface area contributed by atoms with Gasteiger partial charge in [0.1, 0.15) is 0 Å². The second-order valence-corrected chi connectivity index (χ2v) is 18.4. The molecule has 2 aliphatic rings. The van der Waals surface area contributed by atoms with Crippen molar-refractivity contribution in [3.05, 3.63) is 182 Å². The second kappa shape index (κ2) is 14.3. The molecule has 1 aliphatic heterocycles. The maximum absolute atomic E-state index is 2.46. The Morgan fingerprint density at radius 3 is 1.18 bits per heavy atom. The molecule has 1 aliphatic carbocycles. The monoisotopic (exact) mass is 854 g/mol. The molecule has 0 spiro atoms. The van der Waals surface area contributed by atoms with E-state index in [2.05, 4.69) is 246 Å². The lowest BCUT2D eigenvalue weighted by Crippen LogP contribution is -2.27. The number of likely N-dealkylation sites (N-methyl/N-ethyl adjacent to an activating group) is 1. The third-order valence-corrected chi connectivity index (χ3v) is 15.2. The first kappa shape index (κ1) is 38.5. The Kier molecular flexibility index (Phi) is 8.32. The Labute approximate surface area is 382 Å². The van der Waals surface area contributed by atoms with Crippen molar-refractivity contribution < 1.29 is 0 Å². The fourth-order valence-electron chi connectivity index (χ4n) is 11.9. The maximum Gasteiger partial charge on any atom is 0.0732 e. The van der Waals surface area contributed by atoms with Gasteiger partial charge in [0.15, 0.2) is 0 Å². The summed E-state index contributed by atoms with van der Waals surface area (Å²) in [6.07, 6.45) is 7.85. The highest BCUT2D eigenvalue weighted by atomic mass is 15.2. The molecule has 13 aromatic rings. The van der Waals surface area contributed by atoms with Crippen molar-refractivity contribution in [1.29, 1.82) is 0 Å². The highest BCUT2D eigenvalue weighted by Gasteiger charge is 2.34. The molecule has 0 N–H and O–H groups in total. The summed E-state index contributed by atoms with van der Waals surface area (Å²) in [4.78, 5) is 2.46. The summed E-state index contributed by atoms with van der Waals surface area (Å²) < 4.78 is 11.5. The molecule has 320 valence electrons. The molecule has 5 aromatic heterocycles. The number of aromatic nitrogens is 5. The highest BCUT2D eigenvalue weighted by molar-refractivity contribution is 6.20. The summed E-state index contributed by atoms with van der Waals surface area (Å²) in [5.41, 5.74) is 17.2. The predicted molar refractivity (Wildman–Crippen MR) is 283 cm³/mol. The van der Waals surface area contributed by atoms with Gasteiger partial charge >= 0.3 is 0 Å². The third kappa shape index (κ3) is 5.30. The van der Waals surface area contributed by atoms with E-state index in [0.717, 1.165) is 6.42 Å². The van der Waals surface area contributed by atoms with Crippen LogP contribution in [0.4, 0.5) is 5.69 Å². The van der Waals surface area contributed by atoms with Crippen LogP contribution in [0.3, 0.4) is 0 Å². The second-order valence-electron chi connectivity index (χ2n) is 18.4. The first-order valence-electron chi connectivity index (χ1n) is 23.1.